The molecule has 2 N–H and O–H groups in total. The van der Waals surface area contributed by atoms with Gasteiger partial charge in [0.2, 0.25) is 17.6 Å². The molecule has 1 saturated heterocycles. The van der Waals surface area contributed by atoms with Gasteiger partial charge in [-0.15, -0.1) is 24.8 Å². The standard InChI is InChI=1S/C17H23N5O2.2ClH/c1-12(13-2-6-18-7-3-13)10-15(23)20-11-16-21-17(22-24-16)14-4-8-19-9-5-14;;/h4-5,8-9,12-13,18H,2-3,6-7,10-11H2,1H3,(H,20,23);2*1H. The summed E-state index contributed by atoms with van der Waals surface area (Å²) in [6.45, 7) is 4.52. The Morgan fingerprint density at radius 1 is 1.31 bits per heavy atom. The second kappa shape index (κ2) is 11.1. The Balaban J connectivity index is 0.00000169. The van der Waals surface area contributed by atoms with Crippen LogP contribution in [-0.4, -0.2) is 34.1 Å². The quantitative estimate of drug-likeness (QED) is 0.772. The van der Waals surface area contributed by atoms with Gasteiger partial charge in [-0.25, -0.2) is 0 Å². The van der Waals surface area contributed by atoms with E-state index in [0.717, 1.165) is 31.5 Å². The van der Waals surface area contributed by atoms with E-state index in [1.54, 1.807) is 12.4 Å². The predicted molar refractivity (Wildman–Crippen MR) is 103 cm³/mol. The number of carbonyl (C=O) groups is 1. The molecule has 7 nitrogen and oxygen atoms in total. The van der Waals surface area contributed by atoms with E-state index >= 15 is 0 Å². The van der Waals surface area contributed by atoms with Crippen molar-refractivity contribution >= 4 is 30.7 Å². The summed E-state index contributed by atoms with van der Waals surface area (Å²) in [5.41, 5.74) is 0.839. The second-order valence-electron chi connectivity index (χ2n) is 6.29. The lowest BCUT2D eigenvalue weighted by Crippen LogP contribution is -2.33. The highest BCUT2D eigenvalue weighted by molar-refractivity contribution is 5.85. The Kier molecular flexibility index (Phi) is 9.54. The molecule has 0 spiro atoms. The van der Waals surface area contributed by atoms with Gasteiger partial charge >= 0.3 is 0 Å². The lowest BCUT2D eigenvalue weighted by Gasteiger charge is -2.27. The van der Waals surface area contributed by atoms with E-state index in [1.165, 1.54) is 0 Å². The largest absolute Gasteiger partial charge is 0.347 e. The minimum absolute atomic E-state index is 0. The van der Waals surface area contributed by atoms with Gasteiger partial charge in [0.25, 0.3) is 0 Å². The number of amides is 1. The molecule has 9 heteroatoms. The minimum atomic E-state index is 0. The highest BCUT2D eigenvalue weighted by Gasteiger charge is 2.22. The van der Waals surface area contributed by atoms with Crippen LogP contribution in [0.15, 0.2) is 29.0 Å². The maximum absolute atomic E-state index is 12.1. The summed E-state index contributed by atoms with van der Waals surface area (Å²) in [7, 11) is 0. The lowest BCUT2D eigenvalue weighted by molar-refractivity contribution is -0.122. The molecule has 2 aromatic heterocycles. The minimum Gasteiger partial charge on any atom is -0.347 e. The third kappa shape index (κ3) is 6.23. The number of piperidine rings is 1. The molecule has 0 saturated carbocycles. The third-order valence-electron chi connectivity index (χ3n) is 4.54. The van der Waals surface area contributed by atoms with Crippen molar-refractivity contribution < 1.29 is 9.32 Å². The summed E-state index contributed by atoms with van der Waals surface area (Å²) in [4.78, 5) is 20.4. The first-order valence-corrected chi connectivity index (χ1v) is 8.43. The molecule has 1 aliphatic rings. The molecular weight excluding hydrogens is 377 g/mol. The fourth-order valence-electron chi connectivity index (χ4n) is 3.06. The summed E-state index contributed by atoms with van der Waals surface area (Å²) in [6, 6.07) is 3.63. The van der Waals surface area contributed by atoms with Crippen LogP contribution in [0.25, 0.3) is 11.4 Å². The van der Waals surface area contributed by atoms with Crippen LogP contribution in [0.3, 0.4) is 0 Å². The number of carbonyl (C=O) groups excluding carboxylic acids is 1. The number of pyridine rings is 1. The van der Waals surface area contributed by atoms with E-state index < -0.39 is 0 Å². The molecule has 0 radical (unpaired) electrons. The van der Waals surface area contributed by atoms with Crippen LogP contribution in [0.5, 0.6) is 0 Å². The maximum Gasteiger partial charge on any atom is 0.246 e. The summed E-state index contributed by atoms with van der Waals surface area (Å²) < 4.78 is 5.19. The van der Waals surface area contributed by atoms with E-state index in [0.29, 0.717) is 30.0 Å². The Labute approximate surface area is 165 Å². The highest BCUT2D eigenvalue weighted by Crippen LogP contribution is 2.24. The van der Waals surface area contributed by atoms with Crippen molar-refractivity contribution in [2.24, 2.45) is 11.8 Å². The SMILES string of the molecule is CC(CC(=O)NCc1nc(-c2ccncc2)no1)C1CCNCC1.Cl.Cl. The molecule has 0 bridgehead atoms. The number of hydrogen-bond donors (Lipinski definition) is 2. The second-order valence-corrected chi connectivity index (χ2v) is 6.29. The van der Waals surface area contributed by atoms with Crippen molar-refractivity contribution in [3.05, 3.63) is 30.4 Å². The zero-order valence-electron chi connectivity index (χ0n) is 14.7. The monoisotopic (exact) mass is 401 g/mol. The molecule has 1 fully saturated rings. The van der Waals surface area contributed by atoms with Gasteiger partial charge in [0.15, 0.2) is 0 Å². The Morgan fingerprint density at radius 3 is 2.69 bits per heavy atom. The van der Waals surface area contributed by atoms with Gasteiger partial charge in [0.1, 0.15) is 0 Å². The van der Waals surface area contributed by atoms with Crippen molar-refractivity contribution in [1.29, 1.82) is 0 Å². The van der Waals surface area contributed by atoms with Crippen LogP contribution >= 0.6 is 24.8 Å². The van der Waals surface area contributed by atoms with E-state index in [2.05, 4.69) is 32.7 Å². The number of halogens is 2. The van der Waals surface area contributed by atoms with E-state index in [1.807, 2.05) is 12.1 Å². The normalized spacial score (nSPS) is 15.4. The van der Waals surface area contributed by atoms with Gasteiger partial charge < -0.3 is 15.2 Å². The first-order valence-electron chi connectivity index (χ1n) is 8.43. The summed E-state index contributed by atoms with van der Waals surface area (Å²) >= 11 is 0. The third-order valence-corrected chi connectivity index (χ3v) is 4.54. The smallest absolute Gasteiger partial charge is 0.246 e. The Hall–Kier alpha value is -1.70. The number of nitrogens with zero attached hydrogens (tertiary/aromatic N) is 3. The van der Waals surface area contributed by atoms with Crippen molar-refractivity contribution in [3.8, 4) is 11.4 Å². The van der Waals surface area contributed by atoms with Crippen LogP contribution in [-0.2, 0) is 11.3 Å². The summed E-state index contributed by atoms with van der Waals surface area (Å²) in [6.07, 6.45) is 6.18. The van der Waals surface area contributed by atoms with Crippen molar-refractivity contribution in [3.63, 3.8) is 0 Å². The summed E-state index contributed by atoms with van der Waals surface area (Å²) in [5, 5.41) is 10.2. The molecule has 1 unspecified atom stereocenters. The molecule has 1 amide bonds. The number of hydrogen-bond acceptors (Lipinski definition) is 6. The number of nitrogens with one attached hydrogen (secondary N) is 2. The number of rotatable bonds is 6. The predicted octanol–water partition coefficient (Wildman–Crippen LogP) is 2.62. The molecule has 3 rings (SSSR count). The van der Waals surface area contributed by atoms with Crippen LogP contribution in [0.1, 0.15) is 32.1 Å². The molecule has 0 aliphatic carbocycles. The van der Waals surface area contributed by atoms with Gasteiger partial charge in [0, 0.05) is 24.4 Å². The van der Waals surface area contributed by atoms with E-state index in [4.69, 9.17) is 4.52 Å². The molecular formula is C17H25Cl2N5O2. The first kappa shape index (κ1) is 22.3. The average Bonchev–Trinajstić information content (AvgIpc) is 3.10. The fourth-order valence-corrected chi connectivity index (χ4v) is 3.06. The number of aromatic nitrogens is 3. The van der Waals surface area contributed by atoms with Gasteiger partial charge in [-0.3, -0.25) is 9.78 Å². The zero-order chi connectivity index (χ0) is 16.8. The van der Waals surface area contributed by atoms with Crippen molar-refractivity contribution in [2.45, 2.75) is 32.7 Å². The van der Waals surface area contributed by atoms with Crippen LogP contribution in [0.4, 0.5) is 0 Å². The van der Waals surface area contributed by atoms with Gasteiger partial charge in [-0.05, 0) is 49.9 Å². The molecule has 26 heavy (non-hydrogen) atoms. The van der Waals surface area contributed by atoms with Gasteiger partial charge in [0.05, 0.1) is 6.54 Å². The highest BCUT2D eigenvalue weighted by atomic mass is 35.5. The first-order chi connectivity index (χ1) is 11.7. The van der Waals surface area contributed by atoms with Crippen LogP contribution < -0.4 is 10.6 Å². The Bertz CT molecular complexity index is 662. The molecule has 3 heterocycles. The molecule has 1 aliphatic heterocycles. The lowest BCUT2D eigenvalue weighted by atomic mass is 9.84. The van der Waals surface area contributed by atoms with Crippen molar-refractivity contribution in [2.75, 3.05) is 13.1 Å². The van der Waals surface area contributed by atoms with Gasteiger partial charge in [-0.2, -0.15) is 4.98 Å². The zero-order valence-corrected chi connectivity index (χ0v) is 16.3. The molecule has 2 aromatic rings. The van der Waals surface area contributed by atoms with Crippen LogP contribution in [0, 0.1) is 11.8 Å². The summed E-state index contributed by atoms with van der Waals surface area (Å²) in [5.74, 6) is 1.96. The molecule has 1 atom stereocenters. The average molecular weight is 402 g/mol. The molecule has 144 valence electrons. The topological polar surface area (TPSA) is 92.9 Å². The van der Waals surface area contributed by atoms with Crippen molar-refractivity contribution in [1.82, 2.24) is 25.8 Å². The van der Waals surface area contributed by atoms with E-state index in [-0.39, 0.29) is 37.3 Å². The molecule has 0 aromatic carbocycles. The van der Waals surface area contributed by atoms with Gasteiger partial charge in [-0.1, -0.05) is 12.1 Å². The van der Waals surface area contributed by atoms with Crippen LogP contribution in [0.2, 0.25) is 0 Å². The maximum atomic E-state index is 12.1. The Morgan fingerprint density at radius 2 is 2.00 bits per heavy atom. The fraction of sp³-hybridized carbons (Fsp3) is 0.529. The van der Waals surface area contributed by atoms with E-state index in [9.17, 15) is 4.79 Å².